The van der Waals surface area contributed by atoms with Crippen molar-refractivity contribution in [1.82, 2.24) is 4.31 Å². The third-order valence-electron chi connectivity index (χ3n) is 2.33. The van der Waals surface area contributed by atoms with E-state index in [9.17, 15) is 21.6 Å². The minimum absolute atomic E-state index is 0.101. The van der Waals surface area contributed by atoms with Crippen LogP contribution < -0.4 is 5.32 Å². The molecule has 9 heteroatoms. The molecule has 0 heterocycles. The summed E-state index contributed by atoms with van der Waals surface area (Å²) in [4.78, 5) is 0.137. The third kappa shape index (κ3) is 5.22. The smallest absolute Gasteiger partial charge is 0.384 e. The summed E-state index contributed by atoms with van der Waals surface area (Å²) in [7, 11) is -0.633. The molecule has 0 aliphatic heterocycles. The van der Waals surface area contributed by atoms with E-state index in [1.54, 1.807) is 0 Å². The van der Waals surface area contributed by atoms with Crippen LogP contribution in [0.25, 0.3) is 0 Å². The molecule has 0 aliphatic rings. The van der Waals surface area contributed by atoms with Crippen LogP contribution in [0.3, 0.4) is 0 Å². The normalized spacial score (nSPS) is 12.7. The van der Waals surface area contributed by atoms with Crippen LogP contribution >= 0.6 is 11.8 Å². The lowest BCUT2D eigenvalue weighted by Gasteiger charge is -2.12. The van der Waals surface area contributed by atoms with E-state index < -0.39 is 15.5 Å². The van der Waals surface area contributed by atoms with Crippen molar-refractivity contribution in [2.45, 2.75) is 10.4 Å². The van der Waals surface area contributed by atoms with Crippen molar-refractivity contribution in [2.24, 2.45) is 0 Å². The fourth-order valence-electron chi connectivity index (χ4n) is 1.32. The van der Waals surface area contributed by atoms with Crippen LogP contribution in [-0.2, 0) is 10.0 Å². The summed E-state index contributed by atoms with van der Waals surface area (Å²) >= 11 is -0.101. The van der Waals surface area contributed by atoms with E-state index in [1.165, 1.54) is 38.4 Å². The van der Waals surface area contributed by atoms with Gasteiger partial charge in [-0.05, 0) is 36.0 Å². The first-order chi connectivity index (χ1) is 9.13. The average Bonchev–Trinajstić information content (AvgIpc) is 2.34. The Labute approximate surface area is 120 Å². The molecule has 0 saturated heterocycles. The van der Waals surface area contributed by atoms with Crippen molar-refractivity contribution in [3.63, 3.8) is 0 Å². The topological polar surface area (TPSA) is 49.4 Å². The first-order valence-corrected chi connectivity index (χ1v) is 8.02. The molecule has 1 aromatic carbocycles. The Kier molecular flexibility index (Phi) is 5.72. The molecule has 114 valence electrons. The lowest BCUT2D eigenvalue weighted by Crippen LogP contribution is -2.22. The van der Waals surface area contributed by atoms with E-state index in [1.807, 2.05) is 0 Å². The average molecular weight is 328 g/mol. The first kappa shape index (κ1) is 17.1. The summed E-state index contributed by atoms with van der Waals surface area (Å²) in [6, 6.07) is 5.87. The van der Waals surface area contributed by atoms with Crippen LogP contribution in [0.2, 0.25) is 0 Å². The molecule has 4 nitrogen and oxygen atoms in total. The third-order valence-corrected chi connectivity index (χ3v) is 4.89. The second-order valence-electron chi connectivity index (χ2n) is 4.03. The second kappa shape index (κ2) is 6.68. The summed E-state index contributed by atoms with van der Waals surface area (Å²) in [6.45, 7) is 0.143. The Balaban J connectivity index is 2.56. The van der Waals surface area contributed by atoms with E-state index in [4.69, 9.17) is 0 Å². The highest BCUT2D eigenvalue weighted by Crippen LogP contribution is 2.29. The number of thioether (sulfide) groups is 1. The zero-order valence-electron chi connectivity index (χ0n) is 10.9. The van der Waals surface area contributed by atoms with E-state index in [2.05, 4.69) is 5.32 Å². The Morgan fingerprint density at radius 3 is 2.20 bits per heavy atom. The Morgan fingerprint density at radius 2 is 1.75 bits per heavy atom. The lowest BCUT2D eigenvalue weighted by molar-refractivity contribution is -0.0327. The highest BCUT2D eigenvalue weighted by atomic mass is 32.2. The molecular weight excluding hydrogens is 313 g/mol. The summed E-state index contributed by atoms with van der Waals surface area (Å²) in [5.41, 5.74) is -3.66. The minimum Gasteiger partial charge on any atom is -0.384 e. The molecule has 0 fully saturated rings. The van der Waals surface area contributed by atoms with Gasteiger partial charge in [-0.3, -0.25) is 0 Å². The van der Waals surface area contributed by atoms with Gasteiger partial charge in [-0.1, -0.05) is 0 Å². The summed E-state index contributed by atoms with van der Waals surface area (Å²) in [5.74, 6) is -0.110. The van der Waals surface area contributed by atoms with Gasteiger partial charge < -0.3 is 5.32 Å². The fourth-order valence-corrected chi connectivity index (χ4v) is 2.65. The van der Waals surface area contributed by atoms with Gasteiger partial charge in [0.15, 0.2) is 0 Å². The van der Waals surface area contributed by atoms with Gasteiger partial charge in [-0.25, -0.2) is 12.7 Å². The van der Waals surface area contributed by atoms with E-state index >= 15 is 0 Å². The maximum atomic E-state index is 11.9. The van der Waals surface area contributed by atoms with Gasteiger partial charge in [0.25, 0.3) is 0 Å². The van der Waals surface area contributed by atoms with Crippen LogP contribution in [0.1, 0.15) is 0 Å². The van der Waals surface area contributed by atoms with Gasteiger partial charge >= 0.3 is 5.51 Å². The maximum Gasteiger partial charge on any atom is 0.441 e. The number of rotatable bonds is 6. The second-order valence-corrected chi connectivity index (χ2v) is 7.34. The van der Waals surface area contributed by atoms with Gasteiger partial charge in [0.05, 0.1) is 4.90 Å². The van der Waals surface area contributed by atoms with Gasteiger partial charge in [0, 0.05) is 32.1 Å². The van der Waals surface area contributed by atoms with Crippen molar-refractivity contribution >= 4 is 27.5 Å². The number of nitrogens with zero attached hydrogens (tertiary/aromatic N) is 1. The number of hydrogen-bond acceptors (Lipinski definition) is 4. The van der Waals surface area contributed by atoms with Gasteiger partial charge in [0.1, 0.15) is 0 Å². The molecule has 0 radical (unpaired) electrons. The molecule has 1 N–H and O–H groups in total. The first-order valence-electron chi connectivity index (χ1n) is 5.60. The molecule has 1 rings (SSSR count). The zero-order chi connectivity index (χ0) is 15.4. The molecule has 0 amide bonds. The standard InChI is InChI=1S/C11H15F3N2O2S2/c1-16(2)20(17,18)10-5-3-9(4-6-10)15-7-8-19-11(12,13)14/h3-6,15H,7-8H2,1-2H3. The Hall–Kier alpha value is -0.930. The fraction of sp³-hybridized carbons (Fsp3) is 0.455. The number of nitrogens with one attached hydrogen (secondary N) is 1. The number of alkyl halides is 3. The molecule has 0 unspecified atom stereocenters. The van der Waals surface area contributed by atoms with Gasteiger partial charge in [-0.2, -0.15) is 13.2 Å². The van der Waals surface area contributed by atoms with Crippen molar-refractivity contribution in [2.75, 3.05) is 31.7 Å². The summed E-state index contributed by atoms with van der Waals surface area (Å²) < 4.78 is 60.4. The Morgan fingerprint density at radius 1 is 1.20 bits per heavy atom. The molecule has 0 spiro atoms. The van der Waals surface area contributed by atoms with Crippen molar-refractivity contribution in [3.05, 3.63) is 24.3 Å². The largest absolute Gasteiger partial charge is 0.441 e. The number of anilines is 1. The van der Waals surface area contributed by atoms with Crippen LogP contribution in [-0.4, -0.2) is 44.6 Å². The molecule has 0 aliphatic carbocycles. The van der Waals surface area contributed by atoms with Crippen LogP contribution in [0.5, 0.6) is 0 Å². The van der Waals surface area contributed by atoms with Gasteiger partial charge in [-0.15, -0.1) is 0 Å². The van der Waals surface area contributed by atoms with Crippen molar-refractivity contribution < 1.29 is 21.6 Å². The number of benzene rings is 1. The number of hydrogen-bond donors (Lipinski definition) is 1. The van der Waals surface area contributed by atoms with Crippen molar-refractivity contribution in [1.29, 1.82) is 0 Å². The summed E-state index contributed by atoms with van der Waals surface area (Å²) in [6.07, 6.45) is 0. The summed E-state index contributed by atoms with van der Waals surface area (Å²) in [5, 5.41) is 2.80. The predicted molar refractivity (Wildman–Crippen MR) is 74.3 cm³/mol. The quantitative estimate of drug-likeness (QED) is 0.816. The van der Waals surface area contributed by atoms with Crippen molar-refractivity contribution in [3.8, 4) is 0 Å². The zero-order valence-corrected chi connectivity index (χ0v) is 12.6. The highest BCUT2D eigenvalue weighted by molar-refractivity contribution is 8.00. The van der Waals surface area contributed by atoms with Crippen LogP contribution in [0.15, 0.2) is 29.2 Å². The molecule has 0 atom stereocenters. The van der Waals surface area contributed by atoms with E-state index in [0.29, 0.717) is 5.69 Å². The van der Waals surface area contributed by atoms with Crippen LogP contribution in [0.4, 0.5) is 18.9 Å². The molecule has 20 heavy (non-hydrogen) atoms. The number of halogens is 3. The monoisotopic (exact) mass is 328 g/mol. The highest BCUT2D eigenvalue weighted by Gasteiger charge is 2.27. The minimum atomic E-state index is -4.23. The van der Waals surface area contributed by atoms with Crippen LogP contribution in [0, 0.1) is 0 Å². The SMILES string of the molecule is CN(C)S(=O)(=O)c1ccc(NCCSC(F)(F)F)cc1. The molecule has 0 aromatic heterocycles. The van der Waals surface area contributed by atoms with Gasteiger partial charge in [0.2, 0.25) is 10.0 Å². The molecule has 0 saturated carbocycles. The number of sulfonamides is 1. The predicted octanol–water partition coefficient (Wildman–Crippen LogP) is 2.60. The molecular formula is C11H15F3N2O2S2. The molecule has 0 bridgehead atoms. The maximum absolute atomic E-state index is 11.9. The van der Waals surface area contributed by atoms with E-state index in [0.717, 1.165) is 4.31 Å². The Bertz CT molecular complexity index is 528. The molecule has 1 aromatic rings. The lowest BCUT2D eigenvalue weighted by atomic mass is 10.3. The van der Waals surface area contributed by atoms with E-state index in [-0.39, 0.29) is 29.0 Å².